The molecule has 0 aliphatic carbocycles. The lowest BCUT2D eigenvalue weighted by atomic mass is 10.0. The fourth-order valence-corrected chi connectivity index (χ4v) is 2.76. The van der Waals surface area contributed by atoms with Gasteiger partial charge in [0.2, 0.25) is 0 Å². The summed E-state index contributed by atoms with van der Waals surface area (Å²) in [5.74, 6) is -1.50. The zero-order chi connectivity index (χ0) is 20.8. The average Bonchev–Trinajstić information content (AvgIpc) is 2.66. The van der Waals surface area contributed by atoms with Crippen molar-refractivity contribution >= 4 is 17.8 Å². The van der Waals surface area contributed by atoms with Gasteiger partial charge in [0, 0.05) is 13.2 Å². The zero-order valence-corrected chi connectivity index (χ0v) is 15.9. The minimum Gasteiger partial charge on any atom is -0.507 e. The van der Waals surface area contributed by atoms with Crippen molar-refractivity contribution in [3.8, 4) is 11.5 Å². The molecule has 0 amide bonds. The lowest BCUT2D eigenvalue weighted by molar-refractivity contribution is -0.127. The van der Waals surface area contributed by atoms with Gasteiger partial charge >= 0.3 is 5.97 Å². The molecule has 0 spiro atoms. The van der Waals surface area contributed by atoms with E-state index >= 15 is 0 Å². The Balaban J connectivity index is 2.52. The Morgan fingerprint density at radius 1 is 1.14 bits per heavy atom. The van der Waals surface area contributed by atoms with E-state index in [2.05, 4.69) is 0 Å². The van der Waals surface area contributed by atoms with Crippen LogP contribution in [0.4, 0.5) is 0 Å². The highest BCUT2D eigenvalue weighted by Crippen LogP contribution is 2.30. The second-order valence-electron chi connectivity index (χ2n) is 6.33. The Morgan fingerprint density at radius 2 is 1.86 bits per heavy atom. The topological polar surface area (TPSA) is 123 Å². The highest BCUT2D eigenvalue weighted by Gasteiger charge is 2.26. The molecule has 0 radical (unpaired) electrons. The van der Waals surface area contributed by atoms with Crippen molar-refractivity contribution in [3.63, 3.8) is 0 Å². The summed E-state index contributed by atoms with van der Waals surface area (Å²) in [7, 11) is 2.78. The summed E-state index contributed by atoms with van der Waals surface area (Å²) in [4.78, 5) is 24.7. The first kappa shape index (κ1) is 21.6. The molecule has 0 saturated carbocycles. The highest BCUT2D eigenvalue weighted by molar-refractivity contribution is 5.97. The van der Waals surface area contributed by atoms with Gasteiger partial charge in [-0.15, -0.1) is 0 Å². The van der Waals surface area contributed by atoms with Crippen LogP contribution < -0.4 is 4.74 Å². The van der Waals surface area contributed by atoms with Gasteiger partial charge in [0.1, 0.15) is 35.4 Å². The molecule has 8 heteroatoms. The number of esters is 1. The number of methoxy groups -OCH3 is 2. The molecule has 8 nitrogen and oxygen atoms in total. The van der Waals surface area contributed by atoms with E-state index in [1.165, 1.54) is 44.6 Å². The monoisotopic (exact) mass is 392 g/mol. The number of ether oxygens (including phenoxy) is 3. The molecule has 3 N–H and O–H groups in total. The molecule has 1 aliphatic rings. The number of phenolic OH excluding ortho intramolecular Hbond substituents is 1. The number of carbonyl (C=O) groups is 2. The Bertz CT molecular complexity index is 783. The van der Waals surface area contributed by atoms with Crippen LogP contribution in [0, 0.1) is 0 Å². The van der Waals surface area contributed by atoms with Gasteiger partial charge in [0.25, 0.3) is 0 Å². The van der Waals surface area contributed by atoms with Crippen LogP contribution in [0.15, 0.2) is 30.4 Å². The molecule has 0 bridgehead atoms. The van der Waals surface area contributed by atoms with E-state index in [1.54, 1.807) is 6.92 Å². The number of aromatic hydroxyl groups is 1. The van der Waals surface area contributed by atoms with E-state index in [-0.39, 0.29) is 17.7 Å². The number of hydrogen-bond donors (Lipinski definition) is 3. The summed E-state index contributed by atoms with van der Waals surface area (Å²) in [5, 5.41) is 30.3. The zero-order valence-electron chi connectivity index (χ0n) is 15.9. The van der Waals surface area contributed by atoms with Crippen LogP contribution in [0.1, 0.15) is 29.3 Å². The van der Waals surface area contributed by atoms with Crippen molar-refractivity contribution in [1.29, 1.82) is 0 Å². The number of cyclic esters (lactones) is 1. The third-order valence-corrected chi connectivity index (χ3v) is 4.37. The third kappa shape index (κ3) is 4.98. The second kappa shape index (κ2) is 9.50. The van der Waals surface area contributed by atoms with Crippen molar-refractivity contribution in [2.24, 2.45) is 0 Å². The maximum atomic E-state index is 12.7. The van der Waals surface area contributed by atoms with E-state index in [1.807, 2.05) is 0 Å². The number of phenols is 1. The smallest absolute Gasteiger partial charge is 0.342 e. The van der Waals surface area contributed by atoms with E-state index in [0.717, 1.165) is 6.08 Å². The first-order valence-electron chi connectivity index (χ1n) is 8.68. The molecule has 1 aromatic rings. The van der Waals surface area contributed by atoms with E-state index in [4.69, 9.17) is 14.2 Å². The molecule has 1 aromatic carbocycles. The largest absolute Gasteiger partial charge is 0.507 e. The van der Waals surface area contributed by atoms with Crippen molar-refractivity contribution in [3.05, 3.63) is 41.5 Å². The Morgan fingerprint density at radius 3 is 2.50 bits per heavy atom. The molecule has 0 aromatic heterocycles. The first-order valence-corrected chi connectivity index (χ1v) is 8.68. The normalized spacial score (nSPS) is 28.6. The number of rotatable bonds is 2. The van der Waals surface area contributed by atoms with Gasteiger partial charge in [-0.2, -0.15) is 0 Å². The maximum absolute atomic E-state index is 12.7. The summed E-state index contributed by atoms with van der Waals surface area (Å²) in [5.41, 5.74) is 0.217. The number of aliphatic hydroxyl groups excluding tert-OH is 2. The lowest BCUT2D eigenvalue weighted by Crippen LogP contribution is -2.33. The van der Waals surface area contributed by atoms with Crippen LogP contribution >= 0.6 is 0 Å². The molecule has 0 saturated heterocycles. The Kier molecular flexibility index (Phi) is 7.33. The molecule has 0 fully saturated rings. The SMILES string of the molecule is COc1cc(O)c2c(c1)/C=C/C[C@H](O)[C@H](O)C(=O)/C=C\[C@H](OC)[C@H](C)OC2=O. The highest BCUT2D eigenvalue weighted by atomic mass is 16.6. The quantitative estimate of drug-likeness (QED) is 0.642. The number of carbonyl (C=O) groups excluding carboxylic acids is 2. The molecular weight excluding hydrogens is 368 g/mol. The van der Waals surface area contributed by atoms with Gasteiger partial charge in [-0.3, -0.25) is 4.79 Å². The summed E-state index contributed by atoms with van der Waals surface area (Å²) in [6, 6.07) is 2.80. The second-order valence-corrected chi connectivity index (χ2v) is 6.33. The number of aliphatic hydroxyl groups is 2. The van der Waals surface area contributed by atoms with Gasteiger partial charge in [-0.05, 0) is 37.1 Å². The number of benzene rings is 1. The fourth-order valence-electron chi connectivity index (χ4n) is 2.76. The minimum absolute atomic E-state index is 0.0582. The first-order chi connectivity index (χ1) is 13.3. The number of hydrogen-bond acceptors (Lipinski definition) is 8. The van der Waals surface area contributed by atoms with Crippen molar-refractivity contribution in [2.75, 3.05) is 14.2 Å². The molecule has 4 atom stereocenters. The number of fused-ring (bicyclic) bond motifs is 1. The molecule has 2 rings (SSSR count). The van der Waals surface area contributed by atoms with Gasteiger partial charge in [0.15, 0.2) is 5.78 Å². The molecule has 1 heterocycles. The summed E-state index contributed by atoms with van der Waals surface area (Å²) in [6.07, 6.45) is 0.774. The van der Waals surface area contributed by atoms with Crippen molar-refractivity contribution < 1.29 is 39.1 Å². The minimum atomic E-state index is -1.61. The summed E-state index contributed by atoms with van der Waals surface area (Å²) in [6.45, 7) is 1.56. The van der Waals surface area contributed by atoms with Crippen LogP contribution in [0.3, 0.4) is 0 Å². The van der Waals surface area contributed by atoms with E-state index < -0.39 is 36.2 Å². The lowest BCUT2D eigenvalue weighted by Gasteiger charge is -2.21. The Hall–Kier alpha value is -2.68. The molecule has 152 valence electrons. The maximum Gasteiger partial charge on any atom is 0.342 e. The van der Waals surface area contributed by atoms with Gasteiger partial charge in [-0.25, -0.2) is 4.79 Å². The average molecular weight is 392 g/mol. The van der Waals surface area contributed by atoms with Crippen LogP contribution in [0.25, 0.3) is 6.08 Å². The third-order valence-electron chi connectivity index (χ3n) is 4.37. The van der Waals surface area contributed by atoms with Crippen molar-refractivity contribution in [2.45, 2.75) is 37.8 Å². The van der Waals surface area contributed by atoms with Gasteiger partial charge < -0.3 is 29.5 Å². The molecule has 28 heavy (non-hydrogen) atoms. The van der Waals surface area contributed by atoms with Crippen LogP contribution in [-0.4, -0.2) is 65.7 Å². The standard InChI is InChI=1S/C20H24O8/c1-11-17(27-3)8-7-15(22)19(24)14(21)6-4-5-12-9-13(26-2)10-16(23)18(12)20(25)28-11/h4-5,7-11,14,17,19,21,23-24H,6H2,1-3H3/b5-4+,8-7-/t11-,14-,17-,19-/m0/s1. The predicted molar refractivity (Wildman–Crippen MR) is 100 cm³/mol. The summed E-state index contributed by atoms with van der Waals surface area (Å²) >= 11 is 0. The molecule has 1 aliphatic heterocycles. The van der Waals surface area contributed by atoms with Gasteiger partial charge in [0.05, 0.1) is 13.2 Å². The molecule has 0 unspecified atom stereocenters. The van der Waals surface area contributed by atoms with E-state index in [9.17, 15) is 24.9 Å². The van der Waals surface area contributed by atoms with Crippen LogP contribution in [0.2, 0.25) is 0 Å². The van der Waals surface area contributed by atoms with Gasteiger partial charge in [-0.1, -0.05) is 12.2 Å². The van der Waals surface area contributed by atoms with Crippen molar-refractivity contribution in [1.82, 2.24) is 0 Å². The van der Waals surface area contributed by atoms with E-state index in [0.29, 0.717) is 11.3 Å². The van der Waals surface area contributed by atoms with Crippen LogP contribution in [0.5, 0.6) is 11.5 Å². The Labute approximate surface area is 162 Å². The molecular formula is C20H24O8. The van der Waals surface area contributed by atoms with Crippen LogP contribution in [-0.2, 0) is 14.3 Å². The predicted octanol–water partition coefficient (Wildman–Crippen LogP) is 1.23. The fraction of sp³-hybridized carbons (Fsp3) is 0.400. The number of ketones is 1. The summed E-state index contributed by atoms with van der Waals surface area (Å²) < 4.78 is 15.7.